The molecular formula is C11H9Cl2N3. The molecule has 0 bridgehead atoms. The Morgan fingerprint density at radius 2 is 2.00 bits per heavy atom. The molecular weight excluding hydrogens is 245 g/mol. The molecule has 0 aliphatic rings. The molecule has 1 aromatic carbocycles. The third-order valence-corrected chi connectivity index (χ3v) is 2.78. The topological polar surface area (TPSA) is 37.8 Å². The SMILES string of the molecule is Clc1ccc(NCc2ccncn2)cc1Cl. The summed E-state index contributed by atoms with van der Waals surface area (Å²) in [6.45, 7) is 0.625. The standard InChI is InChI=1S/C11H9Cl2N3/c12-10-2-1-8(5-11(10)13)15-6-9-3-4-14-7-16-9/h1-5,7,15H,6H2. The van der Waals surface area contributed by atoms with Crippen LogP contribution in [0.1, 0.15) is 5.69 Å². The molecule has 82 valence electrons. The molecule has 0 amide bonds. The number of nitrogens with zero attached hydrogens (tertiary/aromatic N) is 2. The van der Waals surface area contributed by atoms with E-state index in [4.69, 9.17) is 23.2 Å². The van der Waals surface area contributed by atoms with Gasteiger partial charge in [-0.2, -0.15) is 0 Å². The van der Waals surface area contributed by atoms with Gasteiger partial charge in [0.15, 0.2) is 0 Å². The molecule has 0 saturated heterocycles. The molecule has 2 aromatic rings. The van der Waals surface area contributed by atoms with E-state index in [1.54, 1.807) is 18.3 Å². The summed E-state index contributed by atoms with van der Waals surface area (Å²) in [4.78, 5) is 7.95. The van der Waals surface area contributed by atoms with Crippen molar-refractivity contribution >= 4 is 28.9 Å². The van der Waals surface area contributed by atoms with Crippen molar-refractivity contribution in [2.24, 2.45) is 0 Å². The van der Waals surface area contributed by atoms with Gasteiger partial charge in [-0.1, -0.05) is 23.2 Å². The van der Waals surface area contributed by atoms with Crippen LogP contribution in [0.2, 0.25) is 10.0 Å². The van der Waals surface area contributed by atoms with Crippen LogP contribution in [0.15, 0.2) is 36.8 Å². The van der Waals surface area contributed by atoms with E-state index in [1.165, 1.54) is 6.33 Å². The first-order chi connectivity index (χ1) is 7.75. The van der Waals surface area contributed by atoms with Gasteiger partial charge in [0.05, 0.1) is 22.3 Å². The highest BCUT2D eigenvalue weighted by molar-refractivity contribution is 6.42. The summed E-state index contributed by atoms with van der Waals surface area (Å²) >= 11 is 11.7. The van der Waals surface area contributed by atoms with Gasteiger partial charge in [-0.05, 0) is 24.3 Å². The molecule has 0 unspecified atom stereocenters. The molecule has 5 heteroatoms. The van der Waals surface area contributed by atoms with E-state index in [1.807, 2.05) is 12.1 Å². The zero-order valence-electron chi connectivity index (χ0n) is 8.32. The van der Waals surface area contributed by atoms with E-state index in [-0.39, 0.29) is 0 Å². The minimum absolute atomic E-state index is 0.536. The summed E-state index contributed by atoms with van der Waals surface area (Å²) in [5, 5.41) is 4.28. The number of aromatic nitrogens is 2. The van der Waals surface area contributed by atoms with Gasteiger partial charge in [-0.3, -0.25) is 0 Å². The Balaban J connectivity index is 2.03. The highest BCUT2D eigenvalue weighted by atomic mass is 35.5. The van der Waals surface area contributed by atoms with Crippen LogP contribution < -0.4 is 5.32 Å². The Labute approximate surface area is 103 Å². The smallest absolute Gasteiger partial charge is 0.115 e. The van der Waals surface area contributed by atoms with Crippen molar-refractivity contribution in [3.05, 3.63) is 52.5 Å². The lowest BCUT2D eigenvalue weighted by Crippen LogP contribution is -2.01. The maximum atomic E-state index is 5.90. The Kier molecular flexibility index (Phi) is 3.59. The number of rotatable bonds is 3. The molecule has 1 aromatic heterocycles. The highest BCUT2D eigenvalue weighted by Gasteiger charge is 1.99. The number of anilines is 1. The lowest BCUT2D eigenvalue weighted by atomic mass is 10.3. The minimum Gasteiger partial charge on any atom is -0.379 e. The quantitative estimate of drug-likeness (QED) is 0.912. The van der Waals surface area contributed by atoms with Gasteiger partial charge in [0, 0.05) is 11.9 Å². The molecule has 2 rings (SSSR count). The second-order valence-electron chi connectivity index (χ2n) is 3.18. The van der Waals surface area contributed by atoms with Crippen molar-refractivity contribution in [1.82, 2.24) is 9.97 Å². The van der Waals surface area contributed by atoms with E-state index in [2.05, 4.69) is 15.3 Å². The van der Waals surface area contributed by atoms with Crippen LogP contribution in [0.5, 0.6) is 0 Å². The van der Waals surface area contributed by atoms with Crippen LogP contribution >= 0.6 is 23.2 Å². The first-order valence-electron chi connectivity index (χ1n) is 4.69. The normalized spacial score (nSPS) is 10.1. The summed E-state index contributed by atoms with van der Waals surface area (Å²) < 4.78 is 0. The Hall–Kier alpha value is -1.32. The van der Waals surface area contributed by atoms with E-state index in [0.717, 1.165) is 11.4 Å². The number of nitrogens with one attached hydrogen (secondary N) is 1. The summed E-state index contributed by atoms with van der Waals surface area (Å²) in [5.41, 5.74) is 1.83. The summed E-state index contributed by atoms with van der Waals surface area (Å²) in [6.07, 6.45) is 3.23. The zero-order valence-corrected chi connectivity index (χ0v) is 9.83. The molecule has 0 spiro atoms. The van der Waals surface area contributed by atoms with Crippen LogP contribution in [0.3, 0.4) is 0 Å². The van der Waals surface area contributed by atoms with Gasteiger partial charge in [0.2, 0.25) is 0 Å². The molecule has 0 aliphatic heterocycles. The molecule has 0 radical (unpaired) electrons. The van der Waals surface area contributed by atoms with Crippen molar-refractivity contribution in [2.45, 2.75) is 6.54 Å². The van der Waals surface area contributed by atoms with Crippen LogP contribution in [0, 0.1) is 0 Å². The largest absolute Gasteiger partial charge is 0.379 e. The van der Waals surface area contributed by atoms with E-state index in [0.29, 0.717) is 16.6 Å². The van der Waals surface area contributed by atoms with Crippen molar-refractivity contribution in [1.29, 1.82) is 0 Å². The highest BCUT2D eigenvalue weighted by Crippen LogP contribution is 2.25. The van der Waals surface area contributed by atoms with E-state index in [9.17, 15) is 0 Å². The molecule has 16 heavy (non-hydrogen) atoms. The van der Waals surface area contributed by atoms with Gasteiger partial charge >= 0.3 is 0 Å². The van der Waals surface area contributed by atoms with Crippen LogP contribution in [0.4, 0.5) is 5.69 Å². The average Bonchev–Trinajstić information content (AvgIpc) is 2.32. The second kappa shape index (κ2) is 5.14. The van der Waals surface area contributed by atoms with Gasteiger partial charge in [0.25, 0.3) is 0 Å². The Morgan fingerprint density at radius 1 is 1.12 bits per heavy atom. The van der Waals surface area contributed by atoms with Crippen molar-refractivity contribution in [3.8, 4) is 0 Å². The van der Waals surface area contributed by atoms with Gasteiger partial charge in [0.1, 0.15) is 6.33 Å². The third-order valence-electron chi connectivity index (χ3n) is 2.04. The average molecular weight is 254 g/mol. The molecule has 1 heterocycles. The Bertz CT molecular complexity index is 474. The van der Waals surface area contributed by atoms with Crippen LogP contribution in [0.25, 0.3) is 0 Å². The van der Waals surface area contributed by atoms with Crippen LogP contribution in [-0.4, -0.2) is 9.97 Å². The maximum Gasteiger partial charge on any atom is 0.115 e. The fraction of sp³-hybridized carbons (Fsp3) is 0.0909. The number of hydrogen-bond donors (Lipinski definition) is 1. The summed E-state index contributed by atoms with van der Waals surface area (Å²) in [6, 6.07) is 7.26. The van der Waals surface area contributed by atoms with E-state index >= 15 is 0 Å². The number of halogens is 2. The van der Waals surface area contributed by atoms with Crippen LogP contribution in [-0.2, 0) is 6.54 Å². The van der Waals surface area contributed by atoms with Crippen molar-refractivity contribution < 1.29 is 0 Å². The first-order valence-corrected chi connectivity index (χ1v) is 5.45. The first kappa shape index (κ1) is 11.2. The van der Waals surface area contributed by atoms with Gasteiger partial charge in [-0.25, -0.2) is 9.97 Å². The third kappa shape index (κ3) is 2.84. The molecule has 3 nitrogen and oxygen atoms in total. The fourth-order valence-electron chi connectivity index (χ4n) is 1.22. The monoisotopic (exact) mass is 253 g/mol. The maximum absolute atomic E-state index is 5.90. The lowest BCUT2D eigenvalue weighted by molar-refractivity contribution is 1.01. The second-order valence-corrected chi connectivity index (χ2v) is 4.00. The fourth-order valence-corrected chi connectivity index (χ4v) is 1.52. The molecule has 0 fully saturated rings. The van der Waals surface area contributed by atoms with Crippen molar-refractivity contribution in [3.63, 3.8) is 0 Å². The number of hydrogen-bond acceptors (Lipinski definition) is 3. The molecule has 1 N–H and O–H groups in total. The van der Waals surface area contributed by atoms with Crippen molar-refractivity contribution in [2.75, 3.05) is 5.32 Å². The van der Waals surface area contributed by atoms with E-state index < -0.39 is 0 Å². The summed E-state index contributed by atoms with van der Waals surface area (Å²) in [7, 11) is 0. The molecule has 0 saturated carbocycles. The van der Waals surface area contributed by atoms with Gasteiger partial charge < -0.3 is 5.32 Å². The Morgan fingerprint density at radius 3 is 2.69 bits per heavy atom. The minimum atomic E-state index is 0.536. The molecule has 0 aliphatic carbocycles. The van der Waals surface area contributed by atoms with Gasteiger partial charge in [-0.15, -0.1) is 0 Å². The summed E-state index contributed by atoms with van der Waals surface area (Å²) in [5.74, 6) is 0. The predicted octanol–water partition coefficient (Wildman–Crippen LogP) is 3.40. The zero-order chi connectivity index (χ0) is 11.4. The molecule has 0 atom stereocenters. The lowest BCUT2D eigenvalue weighted by Gasteiger charge is -2.06. The number of benzene rings is 1. The predicted molar refractivity (Wildman–Crippen MR) is 65.8 cm³/mol.